The Morgan fingerprint density at radius 3 is 2.05 bits per heavy atom. The summed E-state index contributed by atoms with van der Waals surface area (Å²) in [5.41, 5.74) is 2.33. The second kappa shape index (κ2) is 11.3. The Kier molecular flexibility index (Phi) is 8.40. The molecule has 0 unspecified atom stereocenters. The van der Waals surface area contributed by atoms with Crippen molar-refractivity contribution in [2.45, 2.75) is 164 Å². The molecule has 44 heavy (non-hydrogen) atoms. The van der Waals surface area contributed by atoms with Crippen LogP contribution in [0.1, 0.15) is 146 Å². The number of carbonyl (C=O) groups is 2. The molecule has 0 amide bonds. The van der Waals surface area contributed by atoms with Gasteiger partial charge in [-0.25, -0.2) is 0 Å². The standard InChI is InChI=1S/C39H64O5/c1-24(11-12-29-34(44-26(3)41)30(23-42-29)43-25(2)40)27-15-20-36(6)28(27)16-21-38(8)32(36)13-14-33-37(7)19-10-18-35(4,5)31(37)17-22-39(33,38)9/h24,27-34H,10-23H2,1-9H3/t24-,27+,28-,29+,30-,31-,32+,33+,34+,36-,37-,38+,39+/m0/s1. The highest BCUT2D eigenvalue weighted by molar-refractivity contribution is 5.67. The topological polar surface area (TPSA) is 61.8 Å². The number of hydrogen-bond acceptors (Lipinski definition) is 5. The molecule has 0 bridgehead atoms. The van der Waals surface area contributed by atoms with Crippen LogP contribution < -0.4 is 0 Å². The molecule has 1 heterocycles. The molecule has 6 rings (SSSR count). The summed E-state index contributed by atoms with van der Waals surface area (Å²) in [6.45, 7) is 21.8. The molecule has 5 heteroatoms. The average molecular weight is 613 g/mol. The van der Waals surface area contributed by atoms with Gasteiger partial charge in [0.15, 0.2) is 12.2 Å². The Morgan fingerprint density at radius 1 is 0.750 bits per heavy atom. The molecular weight excluding hydrogens is 548 g/mol. The predicted molar refractivity (Wildman–Crippen MR) is 174 cm³/mol. The third-order valence-corrected chi connectivity index (χ3v) is 16.2. The summed E-state index contributed by atoms with van der Waals surface area (Å²) in [6.07, 6.45) is 16.3. The Hall–Kier alpha value is -1.10. The Labute approximate surface area is 268 Å². The maximum atomic E-state index is 11.9. The second-order valence-electron chi connectivity index (χ2n) is 18.5. The Bertz CT molecular complexity index is 1120. The summed E-state index contributed by atoms with van der Waals surface area (Å²) in [5.74, 6) is 4.06. The number of ether oxygens (including phenoxy) is 3. The van der Waals surface area contributed by atoms with Crippen molar-refractivity contribution in [3.8, 4) is 0 Å². The quantitative estimate of drug-likeness (QED) is 0.280. The smallest absolute Gasteiger partial charge is 0.303 e. The van der Waals surface area contributed by atoms with E-state index in [1.807, 2.05) is 0 Å². The fraction of sp³-hybridized carbons (Fsp3) is 0.949. The molecule has 6 fully saturated rings. The van der Waals surface area contributed by atoms with Crippen molar-refractivity contribution >= 4 is 11.9 Å². The zero-order chi connectivity index (χ0) is 31.9. The third kappa shape index (κ3) is 4.93. The minimum absolute atomic E-state index is 0.204. The molecular formula is C39H64O5. The molecule has 5 saturated carbocycles. The van der Waals surface area contributed by atoms with E-state index in [1.165, 1.54) is 84.5 Å². The van der Waals surface area contributed by atoms with Gasteiger partial charge < -0.3 is 14.2 Å². The summed E-state index contributed by atoms with van der Waals surface area (Å²) < 4.78 is 17.2. The van der Waals surface area contributed by atoms with E-state index in [-0.39, 0.29) is 18.0 Å². The number of hydrogen-bond donors (Lipinski definition) is 0. The van der Waals surface area contributed by atoms with Gasteiger partial charge in [-0.3, -0.25) is 9.59 Å². The number of fused-ring (bicyclic) bond motifs is 7. The average Bonchev–Trinajstić information content (AvgIpc) is 3.46. The van der Waals surface area contributed by atoms with Gasteiger partial charge in [0.05, 0.1) is 12.7 Å². The summed E-state index contributed by atoms with van der Waals surface area (Å²) in [6, 6.07) is 0. The summed E-state index contributed by atoms with van der Waals surface area (Å²) >= 11 is 0. The molecule has 6 aliphatic rings. The summed E-state index contributed by atoms with van der Waals surface area (Å²) in [4.78, 5) is 23.5. The SMILES string of the molecule is CC(=O)O[C@H]1[C@@H](OC(C)=O)CO[C@@H]1CC[C@H](C)[C@H]1CC[C@]2(C)[C@H]3CC[C@@H]4[C@@]5(C)CCCC(C)(C)[C@@H]5CC[C@@]4(C)[C@]3(C)CC[C@@H]12. The monoisotopic (exact) mass is 612 g/mol. The number of carbonyl (C=O) groups excluding carboxylic acids is 2. The lowest BCUT2D eigenvalue weighted by Crippen LogP contribution is -2.65. The van der Waals surface area contributed by atoms with Crippen molar-refractivity contribution in [1.29, 1.82) is 0 Å². The highest BCUT2D eigenvalue weighted by atomic mass is 16.6. The lowest BCUT2D eigenvalue weighted by Gasteiger charge is -2.73. The molecule has 0 radical (unpaired) electrons. The predicted octanol–water partition coefficient (Wildman–Crippen LogP) is 9.16. The lowest BCUT2D eigenvalue weighted by atomic mass is 9.32. The van der Waals surface area contributed by atoms with Crippen molar-refractivity contribution in [1.82, 2.24) is 0 Å². The first kappa shape index (κ1) is 32.8. The van der Waals surface area contributed by atoms with Crippen LogP contribution in [0.4, 0.5) is 0 Å². The molecule has 5 nitrogen and oxygen atoms in total. The lowest BCUT2D eigenvalue weighted by molar-refractivity contribution is -0.241. The van der Waals surface area contributed by atoms with Crippen LogP contribution in [-0.2, 0) is 23.8 Å². The minimum Gasteiger partial charge on any atom is -0.456 e. The van der Waals surface area contributed by atoms with Gasteiger partial charge in [0.2, 0.25) is 0 Å². The van der Waals surface area contributed by atoms with Crippen molar-refractivity contribution in [2.75, 3.05) is 6.61 Å². The van der Waals surface area contributed by atoms with Gasteiger partial charge in [-0.15, -0.1) is 0 Å². The molecule has 0 aromatic rings. The van der Waals surface area contributed by atoms with E-state index in [0.717, 1.165) is 42.4 Å². The fourth-order valence-electron chi connectivity index (χ4n) is 14.2. The van der Waals surface area contributed by atoms with Gasteiger partial charge in [-0.2, -0.15) is 0 Å². The van der Waals surface area contributed by atoms with Crippen molar-refractivity contribution in [2.24, 2.45) is 62.6 Å². The van der Waals surface area contributed by atoms with E-state index in [9.17, 15) is 9.59 Å². The van der Waals surface area contributed by atoms with Crippen LogP contribution in [-0.4, -0.2) is 36.9 Å². The van der Waals surface area contributed by atoms with Gasteiger partial charge >= 0.3 is 11.9 Å². The van der Waals surface area contributed by atoms with Gasteiger partial charge in [0.25, 0.3) is 0 Å². The van der Waals surface area contributed by atoms with Crippen LogP contribution in [0.5, 0.6) is 0 Å². The second-order valence-corrected chi connectivity index (χ2v) is 18.5. The normalized spacial score (nSPS) is 50.0. The Balaban J connectivity index is 1.15. The van der Waals surface area contributed by atoms with E-state index in [2.05, 4.69) is 48.5 Å². The maximum Gasteiger partial charge on any atom is 0.303 e. The summed E-state index contributed by atoms with van der Waals surface area (Å²) in [7, 11) is 0. The van der Waals surface area contributed by atoms with Crippen molar-refractivity contribution < 1.29 is 23.8 Å². The van der Waals surface area contributed by atoms with Crippen LogP contribution in [0.15, 0.2) is 0 Å². The fourth-order valence-corrected chi connectivity index (χ4v) is 14.2. The van der Waals surface area contributed by atoms with E-state index in [1.54, 1.807) is 0 Å². The molecule has 1 aliphatic heterocycles. The molecule has 0 spiro atoms. The van der Waals surface area contributed by atoms with Crippen LogP contribution in [0.25, 0.3) is 0 Å². The van der Waals surface area contributed by atoms with E-state index in [4.69, 9.17) is 14.2 Å². The Morgan fingerprint density at radius 2 is 1.39 bits per heavy atom. The molecule has 0 N–H and O–H groups in total. The molecule has 5 aliphatic carbocycles. The first-order valence-electron chi connectivity index (χ1n) is 18.5. The molecule has 13 atom stereocenters. The van der Waals surface area contributed by atoms with Crippen molar-refractivity contribution in [3.63, 3.8) is 0 Å². The number of esters is 2. The largest absolute Gasteiger partial charge is 0.456 e. The van der Waals surface area contributed by atoms with Crippen molar-refractivity contribution in [3.05, 3.63) is 0 Å². The summed E-state index contributed by atoms with van der Waals surface area (Å²) in [5, 5.41) is 0. The zero-order valence-corrected chi connectivity index (χ0v) is 29.6. The maximum absolute atomic E-state index is 11.9. The first-order valence-corrected chi connectivity index (χ1v) is 18.5. The van der Waals surface area contributed by atoms with Gasteiger partial charge in [0.1, 0.15) is 0 Å². The molecule has 0 aromatic carbocycles. The van der Waals surface area contributed by atoms with Crippen LogP contribution >= 0.6 is 0 Å². The highest BCUT2D eigenvalue weighted by Gasteiger charge is 2.70. The van der Waals surface area contributed by atoms with Gasteiger partial charge in [-0.1, -0.05) is 54.9 Å². The van der Waals surface area contributed by atoms with Gasteiger partial charge in [-0.05, 0) is 140 Å². The third-order valence-electron chi connectivity index (χ3n) is 16.2. The van der Waals surface area contributed by atoms with Crippen LogP contribution in [0.2, 0.25) is 0 Å². The molecule has 250 valence electrons. The number of rotatable bonds is 6. The van der Waals surface area contributed by atoms with Crippen LogP contribution in [0, 0.1) is 62.6 Å². The molecule has 1 saturated heterocycles. The van der Waals surface area contributed by atoms with Crippen LogP contribution in [0.3, 0.4) is 0 Å². The molecule has 0 aromatic heterocycles. The first-order chi connectivity index (χ1) is 20.6. The highest BCUT2D eigenvalue weighted by Crippen LogP contribution is 2.78. The zero-order valence-electron chi connectivity index (χ0n) is 29.6. The van der Waals surface area contributed by atoms with E-state index in [0.29, 0.717) is 39.6 Å². The van der Waals surface area contributed by atoms with E-state index < -0.39 is 12.2 Å². The minimum atomic E-state index is -0.504. The van der Waals surface area contributed by atoms with Gasteiger partial charge in [0, 0.05) is 13.8 Å². The van der Waals surface area contributed by atoms with E-state index >= 15 is 0 Å².